The molecule has 0 saturated heterocycles. The fourth-order valence-electron chi connectivity index (χ4n) is 6.55. The third-order valence-corrected chi connectivity index (χ3v) is 8.35. The minimum atomic E-state index is -0.262. The Morgan fingerprint density at radius 1 is 1.06 bits per heavy atom. The van der Waals surface area contributed by atoms with Gasteiger partial charge in [-0.05, 0) is 104 Å². The van der Waals surface area contributed by atoms with Crippen LogP contribution < -0.4 is 5.32 Å². The second-order valence-electron chi connectivity index (χ2n) is 10.1. The van der Waals surface area contributed by atoms with Gasteiger partial charge in [0.15, 0.2) is 0 Å². The third kappa shape index (κ3) is 3.47. The molecule has 1 amide bonds. The molecule has 3 aliphatic rings. The Kier molecular flexibility index (Phi) is 4.69. The molecule has 6 heteroatoms. The molecule has 2 heterocycles. The predicted molar refractivity (Wildman–Crippen MR) is 123 cm³/mol. The van der Waals surface area contributed by atoms with Crippen LogP contribution >= 0.6 is 0 Å². The van der Waals surface area contributed by atoms with Crippen molar-refractivity contribution in [1.29, 1.82) is 5.26 Å². The SMILES string of the molecule is N#Cc1ccc(NC(=O)C2([C@H]3CC4C[C@@H](c5ccnc6ccc(F)cc56)C[C@H]4C3)CC2)nc1. The Bertz CT molecular complexity index is 1260. The molecule has 3 aliphatic carbocycles. The summed E-state index contributed by atoms with van der Waals surface area (Å²) >= 11 is 0. The van der Waals surface area contributed by atoms with E-state index in [1.807, 2.05) is 12.3 Å². The number of hydrogen-bond donors (Lipinski definition) is 1. The van der Waals surface area contributed by atoms with Crippen molar-refractivity contribution in [3.63, 3.8) is 0 Å². The van der Waals surface area contributed by atoms with Gasteiger partial charge in [0.05, 0.1) is 16.5 Å². The van der Waals surface area contributed by atoms with Gasteiger partial charge in [-0.2, -0.15) is 5.26 Å². The van der Waals surface area contributed by atoms with E-state index in [9.17, 15) is 9.18 Å². The highest BCUT2D eigenvalue weighted by Gasteiger charge is 2.59. The number of nitriles is 1. The van der Waals surface area contributed by atoms with Crippen molar-refractivity contribution >= 4 is 22.6 Å². The van der Waals surface area contributed by atoms with Crippen molar-refractivity contribution in [2.75, 3.05) is 5.32 Å². The number of rotatable bonds is 4. The van der Waals surface area contributed by atoms with Crippen LogP contribution in [0.4, 0.5) is 10.2 Å². The normalized spacial score (nSPS) is 27.2. The maximum atomic E-state index is 13.9. The van der Waals surface area contributed by atoms with Gasteiger partial charge in [0.2, 0.25) is 5.91 Å². The topological polar surface area (TPSA) is 78.7 Å². The van der Waals surface area contributed by atoms with E-state index in [-0.39, 0.29) is 17.1 Å². The van der Waals surface area contributed by atoms with Crippen LogP contribution in [0, 0.1) is 40.3 Å². The van der Waals surface area contributed by atoms with Crippen molar-refractivity contribution < 1.29 is 9.18 Å². The number of fused-ring (bicyclic) bond motifs is 2. The first kappa shape index (κ1) is 20.3. The number of nitrogens with one attached hydrogen (secondary N) is 1. The highest BCUT2D eigenvalue weighted by Crippen LogP contribution is 2.63. The largest absolute Gasteiger partial charge is 0.310 e. The predicted octanol–water partition coefficient (Wildman–Crippen LogP) is 5.58. The molecule has 3 saturated carbocycles. The maximum absolute atomic E-state index is 13.9. The van der Waals surface area contributed by atoms with E-state index < -0.39 is 0 Å². The molecule has 6 rings (SSSR count). The average Bonchev–Trinajstić information content (AvgIpc) is 3.40. The van der Waals surface area contributed by atoms with Crippen molar-refractivity contribution in [2.45, 2.75) is 44.4 Å². The van der Waals surface area contributed by atoms with Crippen molar-refractivity contribution in [2.24, 2.45) is 23.2 Å². The van der Waals surface area contributed by atoms with Gasteiger partial charge in [-0.25, -0.2) is 9.37 Å². The Balaban J connectivity index is 1.15. The minimum Gasteiger partial charge on any atom is -0.310 e. The quantitative estimate of drug-likeness (QED) is 0.574. The van der Waals surface area contributed by atoms with Crippen molar-refractivity contribution in [3.8, 4) is 6.07 Å². The molecule has 0 radical (unpaired) electrons. The first-order chi connectivity index (χ1) is 16.1. The molecular formula is C27H25FN4O. The second-order valence-corrected chi connectivity index (χ2v) is 10.1. The summed E-state index contributed by atoms with van der Waals surface area (Å²) in [6.07, 6.45) is 9.60. The molecule has 1 unspecified atom stereocenters. The summed E-state index contributed by atoms with van der Waals surface area (Å²) in [6, 6.07) is 12.3. The summed E-state index contributed by atoms with van der Waals surface area (Å²) in [5, 5.41) is 12.9. The number of carbonyl (C=O) groups is 1. The first-order valence-electron chi connectivity index (χ1n) is 11.8. The molecule has 2 aromatic heterocycles. The van der Waals surface area contributed by atoms with E-state index >= 15 is 0 Å². The standard InChI is InChI=1S/C27H25FN4O/c28-21-2-3-24-23(13-21)22(5-8-30-24)19-9-17-11-20(12-18(17)10-19)27(6-7-27)26(33)32-25-4-1-16(14-29)15-31-25/h1-5,8,13,15,17-20H,6-7,9-12H2,(H,31,32,33)/t17-,18?,19-,20+/m0/s1. The van der Waals surface area contributed by atoms with Crippen LogP contribution in [0.1, 0.15) is 55.6 Å². The molecule has 1 N–H and O–H groups in total. The van der Waals surface area contributed by atoms with Gasteiger partial charge < -0.3 is 5.32 Å². The van der Waals surface area contributed by atoms with Crippen LogP contribution in [-0.4, -0.2) is 15.9 Å². The van der Waals surface area contributed by atoms with Gasteiger partial charge in [-0.1, -0.05) is 0 Å². The lowest BCUT2D eigenvalue weighted by atomic mass is 9.83. The van der Waals surface area contributed by atoms with E-state index in [1.54, 1.807) is 24.3 Å². The Labute approximate surface area is 192 Å². The Morgan fingerprint density at radius 2 is 1.85 bits per heavy atom. The van der Waals surface area contributed by atoms with E-state index in [1.165, 1.54) is 17.8 Å². The molecule has 0 bridgehead atoms. The minimum absolute atomic E-state index is 0.0804. The molecule has 1 aromatic carbocycles. The summed E-state index contributed by atoms with van der Waals surface area (Å²) in [5.74, 6) is 2.47. The third-order valence-electron chi connectivity index (χ3n) is 8.35. The van der Waals surface area contributed by atoms with Crippen molar-refractivity contribution in [3.05, 3.63) is 65.7 Å². The zero-order chi connectivity index (χ0) is 22.6. The summed E-state index contributed by atoms with van der Waals surface area (Å²) in [6.45, 7) is 0. The summed E-state index contributed by atoms with van der Waals surface area (Å²) in [5.41, 5.74) is 2.30. The van der Waals surface area contributed by atoms with Gasteiger partial charge in [-0.3, -0.25) is 9.78 Å². The number of anilines is 1. The van der Waals surface area contributed by atoms with Crippen LogP contribution in [0.3, 0.4) is 0 Å². The fourth-order valence-corrected chi connectivity index (χ4v) is 6.55. The van der Waals surface area contributed by atoms with Gasteiger partial charge in [0.1, 0.15) is 17.7 Å². The molecule has 33 heavy (non-hydrogen) atoms. The van der Waals surface area contributed by atoms with Gasteiger partial charge in [-0.15, -0.1) is 0 Å². The average molecular weight is 441 g/mol. The van der Waals surface area contributed by atoms with Crippen LogP contribution in [0.5, 0.6) is 0 Å². The number of benzene rings is 1. The maximum Gasteiger partial charge on any atom is 0.232 e. The fraction of sp³-hybridized carbons (Fsp3) is 0.407. The van der Waals surface area contributed by atoms with E-state index in [0.29, 0.717) is 35.1 Å². The lowest BCUT2D eigenvalue weighted by molar-refractivity contribution is -0.123. The Hall–Kier alpha value is -3.33. The molecule has 3 aromatic rings. The lowest BCUT2D eigenvalue weighted by Gasteiger charge is -2.24. The number of halogens is 1. The molecule has 166 valence electrons. The van der Waals surface area contributed by atoms with Crippen LogP contribution in [0.15, 0.2) is 48.8 Å². The molecular weight excluding hydrogens is 415 g/mol. The number of nitrogens with zero attached hydrogens (tertiary/aromatic N) is 3. The van der Waals surface area contributed by atoms with Gasteiger partial charge in [0.25, 0.3) is 0 Å². The van der Waals surface area contributed by atoms with E-state index in [4.69, 9.17) is 5.26 Å². The number of carbonyl (C=O) groups excluding carboxylic acids is 1. The smallest absolute Gasteiger partial charge is 0.232 e. The van der Waals surface area contributed by atoms with Gasteiger partial charge in [0, 0.05) is 17.8 Å². The lowest BCUT2D eigenvalue weighted by Crippen LogP contribution is -2.30. The van der Waals surface area contributed by atoms with E-state index in [0.717, 1.165) is 49.4 Å². The zero-order valence-corrected chi connectivity index (χ0v) is 18.3. The number of aromatic nitrogens is 2. The van der Waals surface area contributed by atoms with Crippen LogP contribution in [0.25, 0.3) is 10.9 Å². The van der Waals surface area contributed by atoms with E-state index in [2.05, 4.69) is 21.4 Å². The summed E-state index contributed by atoms with van der Waals surface area (Å²) in [7, 11) is 0. The number of pyridine rings is 2. The molecule has 0 aliphatic heterocycles. The monoisotopic (exact) mass is 440 g/mol. The highest BCUT2D eigenvalue weighted by atomic mass is 19.1. The highest BCUT2D eigenvalue weighted by molar-refractivity contribution is 5.96. The molecule has 0 spiro atoms. The van der Waals surface area contributed by atoms with Crippen LogP contribution in [0.2, 0.25) is 0 Å². The zero-order valence-electron chi connectivity index (χ0n) is 18.3. The molecule has 3 fully saturated rings. The van der Waals surface area contributed by atoms with Gasteiger partial charge >= 0.3 is 0 Å². The summed E-state index contributed by atoms with van der Waals surface area (Å²) < 4.78 is 13.9. The number of hydrogen-bond acceptors (Lipinski definition) is 4. The molecule has 4 atom stereocenters. The second kappa shape index (κ2) is 7.62. The Morgan fingerprint density at radius 3 is 2.52 bits per heavy atom. The van der Waals surface area contributed by atoms with Crippen LogP contribution in [-0.2, 0) is 4.79 Å². The summed E-state index contributed by atoms with van der Waals surface area (Å²) in [4.78, 5) is 21.8. The first-order valence-corrected chi connectivity index (χ1v) is 11.8. The van der Waals surface area contributed by atoms with Crippen molar-refractivity contribution in [1.82, 2.24) is 9.97 Å². The number of amides is 1. The molecule has 5 nitrogen and oxygen atoms in total.